The summed E-state index contributed by atoms with van der Waals surface area (Å²) in [6.45, 7) is 8.28. The minimum Gasteiger partial charge on any atom is -0.352 e. The Labute approximate surface area is 88.6 Å². The lowest BCUT2D eigenvalue weighted by atomic mass is 9.91. The number of carbonyl (C=O) groups excluding carboxylic acids is 1. The molecule has 1 aromatic rings. The van der Waals surface area contributed by atoms with Crippen molar-refractivity contribution in [2.75, 3.05) is 6.54 Å². The van der Waals surface area contributed by atoms with Crippen molar-refractivity contribution in [1.29, 1.82) is 0 Å². The van der Waals surface area contributed by atoms with E-state index < -0.39 is 0 Å². The van der Waals surface area contributed by atoms with E-state index in [1.54, 1.807) is 11.3 Å². The van der Waals surface area contributed by atoms with Crippen molar-refractivity contribution in [1.82, 2.24) is 5.32 Å². The highest BCUT2D eigenvalue weighted by Crippen LogP contribution is 2.26. The van der Waals surface area contributed by atoms with Crippen LogP contribution in [0, 0.1) is 0 Å². The summed E-state index contributed by atoms with van der Waals surface area (Å²) in [4.78, 5) is 12.3. The first kappa shape index (κ1) is 11.0. The zero-order valence-corrected chi connectivity index (χ0v) is 9.36. The molecule has 76 valence electrons. The molecule has 0 aliphatic heterocycles. The number of carbonyl (C=O) groups is 1. The first-order valence-corrected chi connectivity index (χ1v) is 5.38. The normalized spacial score (nSPS) is 11.0. The fourth-order valence-electron chi connectivity index (χ4n) is 1.13. The summed E-state index contributed by atoms with van der Waals surface area (Å²) in [6.07, 6.45) is 1.30. The lowest BCUT2D eigenvalue weighted by Gasteiger charge is -2.23. The molecule has 0 radical (unpaired) electrons. The maximum absolute atomic E-state index is 11.0. The molecule has 1 heterocycles. The van der Waals surface area contributed by atoms with E-state index in [0.29, 0.717) is 6.54 Å². The predicted octanol–water partition coefficient (Wildman–Crippen LogP) is 2.33. The molecule has 3 heteroatoms. The molecule has 2 nitrogen and oxygen atoms in total. The molecule has 1 amide bonds. The third kappa shape index (κ3) is 2.70. The molecule has 0 fully saturated rings. The van der Waals surface area contributed by atoms with Crippen molar-refractivity contribution < 1.29 is 4.79 Å². The minimum atomic E-state index is -0.116. The predicted molar refractivity (Wildman–Crippen MR) is 60.6 cm³/mol. The molecule has 0 aliphatic carbocycles. The lowest BCUT2D eigenvalue weighted by Crippen LogP contribution is -2.35. The van der Waals surface area contributed by atoms with Gasteiger partial charge in [0.15, 0.2) is 0 Å². The molecular formula is C11H15NOS. The monoisotopic (exact) mass is 209 g/mol. The second-order valence-electron chi connectivity index (χ2n) is 3.78. The zero-order valence-electron chi connectivity index (χ0n) is 8.54. The van der Waals surface area contributed by atoms with Crippen LogP contribution in [-0.2, 0) is 10.2 Å². The van der Waals surface area contributed by atoms with Gasteiger partial charge in [-0.2, -0.15) is 0 Å². The van der Waals surface area contributed by atoms with Crippen LogP contribution in [0.25, 0.3) is 0 Å². The average molecular weight is 209 g/mol. The van der Waals surface area contributed by atoms with E-state index in [0.717, 1.165) is 0 Å². The molecule has 0 spiro atoms. The van der Waals surface area contributed by atoms with Crippen molar-refractivity contribution in [3.8, 4) is 0 Å². The molecular weight excluding hydrogens is 194 g/mol. The van der Waals surface area contributed by atoms with Gasteiger partial charge in [0.1, 0.15) is 0 Å². The van der Waals surface area contributed by atoms with Crippen LogP contribution >= 0.6 is 11.3 Å². The number of thiophene rings is 1. The van der Waals surface area contributed by atoms with Crippen LogP contribution in [0.15, 0.2) is 30.2 Å². The Balaban J connectivity index is 2.59. The fourth-order valence-corrected chi connectivity index (χ4v) is 1.98. The molecule has 1 N–H and O–H groups in total. The van der Waals surface area contributed by atoms with Gasteiger partial charge in [-0.1, -0.05) is 26.5 Å². The molecule has 0 aromatic carbocycles. The van der Waals surface area contributed by atoms with Crippen LogP contribution < -0.4 is 5.32 Å². The van der Waals surface area contributed by atoms with E-state index in [2.05, 4.69) is 31.8 Å². The Morgan fingerprint density at radius 2 is 2.43 bits per heavy atom. The van der Waals surface area contributed by atoms with Gasteiger partial charge in [0.05, 0.1) is 0 Å². The first-order chi connectivity index (χ1) is 6.56. The Hall–Kier alpha value is -1.09. The van der Waals surface area contributed by atoms with Gasteiger partial charge in [0, 0.05) is 16.8 Å². The van der Waals surface area contributed by atoms with Crippen molar-refractivity contribution in [2.45, 2.75) is 19.3 Å². The first-order valence-electron chi connectivity index (χ1n) is 4.50. The van der Waals surface area contributed by atoms with E-state index in [-0.39, 0.29) is 11.3 Å². The third-order valence-corrected chi connectivity index (χ3v) is 3.31. The Morgan fingerprint density at radius 3 is 2.93 bits per heavy atom. The quantitative estimate of drug-likeness (QED) is 0.758. The van der Waals surface area contributed by atoms with E-state index in [1.165, 1.54) is 11.0 Å². The average Bonchev–Trinajstić information content (AvgIpc) is 2.67. The van der Waals surface area contributed by atoms with Crippen LogP contribution in [0.4, 0.5) is 0 Å². The smallest absolute Gasteiger partial charge is 0.243 e. The summed E-state index contributed by atoms with van der Waals surface area (Å²) in [7, 11) is 0. The fraction of sp³-hybridized carbons (Fsp3) is 0.364. The summed E-state index contributed by atoms with van der Waals surface area (Å²) in [5.41, 5.74) is -0.00711. The SMILES string of the molecule is C=CC(=O)NCC(C)(C)c1cccs1. The molecule has 0 saturated heterocycles. The van der Waals surface area contributed by atoms with Gasteiger partial charge in [-0.05, 0) is 17.5 Å². The minimum absolute atomic E-state index is 0.00711. The van der Waals surface area contributed by atoms with Crippen LogP contribution in [0.5, 0.6) is 0 Å². The number of hydrogen-bond donors (Lipinski definition) is 1. The number of nitrogens with one attached hydrogen (secondary N) is 1. The van der Waals surface area contributed by atoms with Crippen molar-refractivity contribution >= 4 is 17.2 Å². The Morgan fingerprint density at radius 1 is 1.71 bits per heavy atom. The van der Waals surface area contributed by atoms with Gasteiger partial charge in [0.2, 0.25) is 5.91 Å². The lowest BCUT2D eigenvalue weighted by molar-refractivity contribution is -0.116. The van der Waals surface area contributed by atoms with Gasteiger partial charge in [-0.15, -0.1) is 11.3 Å². The van der Waals surface area contributed by atoms with E-state index in [1.807, 2.05) is 11.4 Å². The zero-order chi connectivity index (χ0) is 10.6. The molecule has 1 rings (SSSR count). The van der Waals surface area contributed by atoms with Crippen LogP contribution in [-0.4, -0.2) is 12.5 Å². The maximum Gasteiger partial charge on any atom is 0.243 e. The van der Waals surface area contributed by atoms with Gasteiger partial charge in [-0.3, -0.25) is 4.79 Å². The van der Waals surface area contributed by atoms with Crippen LogP contribution in [0.3, 0.4) is 0 Å². The molecule has 0 atom stereocenters. The third-order valence-electron chi connectivity index (χ3n) is 2.08. The van der Waals surface area contributed by atoms with E-state index in [9.17, 15) is 4.79 Å². The molecule has 0 aliphatic rings. The van der Waals surface area contributed by atoms with Gasteiger partial charge < -0.3 is 5.32 Å². The number of rotatable bonds is 4. The highest BCUT2D eigenvalue weighted by Gasteiger charge is 2.21. The molecule has 1 aromatic heterocycles. The second-order valence-corrected chi connectivity index (χ2v) is 4.73. The van der Waals surface area contributed by atoms with Crippen LogP contribution in [0.1, 0.15) is 18.7 Å². The van der Waals surface area contributed by atoms with E-state index >= 15 is 0 Å². The van der Waals surface area contributed by atoms with Crippen molar-refractivity contribution in [3.05, 3.63) is 35.0 Å². The van der Waals surface area contributed by atoms with Gasteiger partial charge in [0.25, 0.3) is 0 Å². The highest BCUT2D eigenvalue weighted by molar-refractivity contribution is 7.10. The molecule has 14 heavy (non-hydrogen) atoms. The van der Waals surface area contributed by atoms with Crippen LogP contribution in [0.2, 0.25) is 0 Å². The summed E-state index contributed by atoms with van der Waals surface area (Å²) in [5.74, 6) is -0.116. The highest BCUT2D eigenvalue weighted by atomic mass is 32.1. The summed E-state index contributed by atoms with van der Waals surface area (Å²) >= 11 is 1.71. The molecule has 0 saturated carbocycles. The summed E-state index contributed by atoms with van der Waals surface area (Å²) in [5, 5.41) is 4.86. The Kier molecular flexibility index (Phi) is 3.47. The van der Waals surface area contributed by atoms with Crippen molar-refractivity contribution in [3.63, 3.8) is 0 Å². The largest absolute Gasteiger partial charge is 0.352 e. The summed E-state index contributed by atoms with van der Waals surface area (Å²) < 4.78 is 0. The maximum atomic E-state index is 11.0. The topological polar surface area (TPSA) is 29.1 Å². The molecule has 0 unspecified atom stereocenters. The second kappa shape index (κ2) is 4.42. The van der Waals surface area contributed by atoms with Gasteiger partial charge >= 0.3 is 0 Å². The number of hydrogen-bond acceptors (Lipinski definition) is 2. The summed E-state index contributed by atoms with van der Waals surface area (Å²) in [6, 6.07) is 4.11. The van der Waals surface area contributed by atoms with Gasteiger partial charge in [-0.25, -0.2) is 0 Å². The standard InChI is InChI=1S/C11H15NOS/c1-4-10(13)12-8-11(2,3)9-6-5-7-14-9/h4-7H,1,8H2,2-3H3,(H,12,13). The van der Waals surface area contributed by atoms with Crippen molar-refractivity contribution in [2.24, 2.45) is 0 Å². The molecule has 0 bridgehead atoms. The van der Waals surface area contributed by atoms with E-state index in [4.69, 9.17) is 0 Å². The Bertz CT molecular complexity index is 314. The number of amides is 1.